The Labute approximate surface area is 138 Å². The first-order valence-electron chi connectivity index (χ1n) is 6.89. The van der Waals surface area contributed by atoms with E-state index in [4.69, 9.17) is 0 Å². The minimum atomic E-state index is 0. The molecule has 0 aromatic rings. The SMILES string of the molecule is CN=C(NCC1(N(C)C)CCSC1)N1CCCC1.I. The molecule has 19 heavy (non-hydrogen) atoms. The van der Waals surface area contributed by atoms with Crippen molar-refractivity contribution in [2.45, 2.75) is 24.8 Å². The summed E-state index contributed by atoms with van der Waals surface area (Å²) in [5.74, 6) is 3.59. The third kappa shape index (κ3) is 4.14. The Balaban J connectivity index is 0.00000180. The lowest BCUT2D eigenvalue weighted by Gasteiger charge is -2.37. The van der Waals surface area contributed by atoms with Crippen molar-refractivity contribution >= 4 is 41.7 Å². The summed E-state index contributed by atoms with van der Waals surface area (Å²) in [5.41, 5.74) is 0.306. The Morgan fingerprint density at radius 1 is 1.37 bits per heavy atom. The number of nitrogens with one attached hydrogen (secondary N) is 1. The third-order valence-corrected chi connectivity index (χ3v) is 5.46. The number of nitrogens with zero attached hydrogens (tertiary/aromatic N) is 3. The molecule has 2 aliphatic heterocycles. The van der Waals surface area contributed by atoms with Crippen LogP contribution in [0.25, 0.3) is 0 Å². The van der Waals surface area contributed by atoms with Crippen LogP contribution in [0.15, 0.2) is 4.99 Å². The van der Waals surface area contributed by atoms with E-state index >= 15 is 0 Å². The molecule has 112 valence electrons. The van der Waals surface area contributed by atoms with Crippen LogP contribution in [0.2, 0.25) is 0 Å². The number of thioether (sulfide) groups is 1. The summed E-state index contributed by atoms with van der Waals surface area (Å²) in [6.45, 7) is 3.32. The summed E-state index contributed by atoms with van der Waals surface area (Å²) < 4.78 is 0. The maximum Gasteiger partial charge on any atom is 0.193 e. The summed E-state index contributed by atoms with van der Waals surface area (Å²) in [6.07, 6.45) is 3.87. The predicted octanol–water partition coefficient (Wildman–Crippen LogP) is 1.71. The second kappa shape index (κ2) is 7.93. The molecule has 0 saturated carbocycles. The van der Waals surface area contributed by atoms with E-state index in [1.807, 2.05) is 7.05 Å². The lowest BCUT2D eigenvalue weighted by Crippen LogP contribution is -2.55. The van der Waals surface area contributed by atoms with Gasteiger partial charge in [-0.05, 0) is 39.1 Å². The average Bonchev–Trinajstić information content (AvgIpc) is 3.00. The largest absolute Gasteiger partial charge is 0.354 e. The third-order valence-electron chi connectivity index (χ3n) is 4.22. The fourth-order valence-electron chi connectivity index (χ4n) is 2.75. The van der Waals surface area contributed by atoms with Crippen molar-refractivity contribution in [3.63, 3.8) is 0 Å². The van der Waals surface area contributed by atoms with Gasteiger partial charge in [0.1, 0.15) is 0 Å². The monoisotopic (exact) mass is 398 g/mol. The predicted molar refractivity (Wildman–Crippen MR) is 95.9 cm³/mol. The molecule has 1 N–H and O–H groups in total. The zero-order valence-electron chi connectivity index (χ0n) is 12.3. The first-order valence-corrected chi connectivity index (χ1v) is 8.04. The smallest absolute Gasteiger partial charge is 0.193 e. The van der Waals surface area contributed by atoms with Gasteiger partial charge in [0, 0.05) is 38.0 Å². The van der Waals surface area contributed by atoms with Crippen LogP contribution >= 0.6 is 35.7 Å². The van der Waals surface area contributed by atoms with Gasteiger partial charge >= 0.3 is 0 Å². The molecular weight excluding hydrogens is 371 g/mol. The highest BCUT2D eigenvalue weighted by molar-refractivity contribution is 14.0. The highest BCUT2D eigenvalue weighted by Gasteiger charge is 2.36. The Morgan fingerprint density at radius 3 is 2.53 bits per heavy atom. The van der Waals surface area contributed by atoms with E-state index in [0.717, 1.165) is 25.6 Å². The quantitative estimate of drug-likeness (QED) is 0.446. The second-order valence-corrected chi connectivity index (χ2v) is 6.62. The Kier molecular flexibility index (Phi) is 7.24. The van der Waals surface area contributed by atoms with Crippen LogP contribution in [0, 0.1) is 0 Å². The van der Waals surface area contributed by atoms with Crippen molar-refractivity contribution in [2.75, 3.05) is 52.3 Å². The van der Waals surface area contributed by atoms with E-state index in [1.54, 1.807) is 0 Å². The van der Waals surface area contributed by atoms with Gasteiger partial charge in [-0.1, -0.05) is 0 Å². The normalized spacial score (nSPS) is 27.8. The first kappa shape index (κ1) is 17.4. The van der Waals surface area contributed by atoms with Gasteiger partial charge in [0.05, 0.1) is 0 Å². The van der Waals surface area contributed by atoms with Crippen molar-refractivity contribution in [1.82, 2.24) is 15.1 Å². The van der Waals surface area contributed by atoms with Gasteiger partial charge in [-0.25, -0.2) is 0 Å². The van der Waals surface area contributed by atoms with Crippen LogP contribution in [0.1, 0.15) is 19.3 Å². The molecule has 2 rings (SSSR count). The minimum absolute atomic E-state index is 0. The molecule has 4 nitrogen and oxygen atoms in total. The molecule has 6 heteroatoms. The van der Waals surface area contributed by atoms with E-state index in [0.29, 0.717) is 5.54 Å². The molecule has 0 aliphatic carbocycles. The molecule has 0 aromatic heterocycles. The minimum Gasteiger partial charge on any atom is -0.354 e. The molecule has 0 radical (unpaired) electrons. The fraction of sp³-hybridized carbons (Fsp3) is 0.923. The number of guanidine groups is 1. The van der Waals surface area contributed by atoms with Gasteiger partial charge in [-0.2, -0.15) is 11.8 Å². The summed E-state index contributed by atoms with van der Waals surface area (Å²) in [7, 11) is 6.30. The van der Waals surface area contributed by atoms with Crippen LogP contribution < -0.4 is 5.32 Å². The van der Waals surface area contributed by atoms with Crippen molar-refractivity contribution in [3.05, 3.63) is 0 Å². The van der Waals surface area contributed by atoms with Gasteiger partial charge in [-0.3, -0.25) is 4.99 Å². The van der Waals surface area contributed by atoms with Crippen LogP contribution in [0.4, 0.5) is 0 Å². The van der Waals surface area contributed by atoms with Gasteiger partial charge in [-0.15, -0.1) is 24.0 Å². The zero-order valence-corrected chi connectivity index (χ0v) is 15.5. The van der Waals surface area contributed by atoms with Gasteiger partial charge < -0.3 is 15.1 Å². The number of rotatable bonds is 3. The topological polar surface area (TPSA) is 30.9 Å². The molecular formula is C13H27IN4S. The van der Waals surface area contributed by atoms with E-state index < -0.39 is 0 Å². The molecule has 0 bridgehead atoms. The highest BCUT2D eigenvalue weighted by Crippen LogP contribution is 2.31. The zero-order chi connectivity index (χ0) is 13.0. The maximum atomic E-state index is 4.43. The molecule has 2 heterocycles. The number of likely N-dealkylation sites (tertiary alicyclic amines) is 1. The van der Waals surface area contributed by atoms with Crippen molar-refractivity contribution in [3.8, 4) is 0 Å². The molecule has 1 unspecified atom stereocenters. The molecule has 0 spiro atoms. The number of halogens is 1. The highest BCUT2D eigenvalue weighted by atomic mass is 127. The standard InChI is InChI=1S/C13H26N4S.HI/c1-14-12(17-7-4-5-8-17)15-10-13(16(2)3)6-9-18-11-13;/h4-11H2,1-3H3,(H,14,15);1H. The Hall–Kier alpha value is 0.310. The lowest BCUT2D eigenvalue weighted by atomic mass is 9.97. The van der Waals surface area contributed by atoms with E-state index in [-0.39, 0.29) is 24.0 Å². The van der Waals surface area contributed by atoms with Gasteiger partial charge in [0.2, 0.25) is 0 Å². The first-order chi connectivity index (χ1) is 8.68. The average molecular weight is 398 g/mol. The number of aliphatic imine (C=N–C) groups is 1. The lowest BCUT2D eigenvalue weighted by molar-refractivity contribution is 0.181. The number of hydrogen-bond donors (Lipinski definition) is 1. The van der Waals surface area contributed by atoms with Crippen molar-refractivity contribution in [1.29, 1.82) is 0 Å². The molecule has 2 fully saturated rings. The molecule has 2 saturated heterocycles. The van der Waals surface area contributed by atoms with Gasteiger partial charge in [0.25, 0.3) is 0 Å². The second-order valence-electron chi connectivity index (χ2n) is 5.52. The molecule has 1 atom stereocenters. The Bertz CT molecular complexity index is 297. The number of hydrogen-bond acceptors (Lipinski definition) is 3. The fourth-order valence-corrected chi connectivity index (χ4v) is 4.30. The summed E-state index contributed by atoms with van der Waals surface area (Å²) >= 11 is 2.07. The van der Waals surface area contributed by atoms with Crippen LogP contribution in [-0.2, 0) is 0 Å². The summed E-state index contributed by atoms with van der Waals surface area (Å²) in [4.78, 5) is 9.19. The van der Waals surface area contributed by atoms with Gasteiger partial charge in [0.15, 0.2) is 5.96 Å². The molecule has 2 aliphatic rings. The van der Waals surface area contributed by atoms with E-state index in [2.05, 4.69) is 46.0 Å². The Morgan fingerprint density at radius 2 is 2.05 bits per heavy atom. The van der Waals surface area contributed by atoms with Crippen LogP contribution in [0.5, 0.6) is 0 Å². The summed E-state index contributed by atoms with van der Waals surface area (Å²) in [5, 5.41) is 3.60. The van der Waals surface area contributed by atoms with Crippen LogP contribution in [0.3, 0.4) is 0 Å². The van der Waals surface area contributed by atoms with Crippen LogP contribution in [-0.4, -0.2) is 73.6 Å². The molecule has 0 amide bonds. The molecule has 0 aromatic carbocycles. The number of likely N-dealkylation sites (N-methyl/N-ethyl adjacent to an activating group) is 1. The van der Waals surface area contributed by atoms with E-state index in [1.165, 1.54) is 30.8 Å². The summed E-state index contributed by atoms with van der Waals surface area (Å²) in [6, 6.07) is 0. The van der Waals surface area contributed by atoms with Crippen molar-refractivity contribution < 1.29 is 0 Å². The van der Waals surface area contributed by atoms with Crippen molar-refractivity contribution in [2.24, 2.45) is 4.99 Å². The maximum absolute atomic E-state index is 4.43. The van der Waals surface area contributed by atoms with E-state index in [9.17, 15) is 0 Å².